The SMILES string of the molecule is CC(C)c1csc(C2(c3nc4c(c(=O)[nH]3)CN(C(=O)[C@H](O)c3cccc(-c5cccc(C(C)(C)C)c5)c3)CCC4)CC2)c1. The van der Waals surface area contributed by atoms with E-state index in [1.807, 2.05) is 24.3 Å². The number of nitrogens with one attached hydrogen (secondary N) is 1. The zero-order chi connectivity index (χ0) is 30.5. The molecule has 2 aliphatic rings. The molecule has 1 saturated carbocycles. The number of aryl methyl sites for hydroxylation is 1. The maximum absolute atomic E-state index is 13.6. The minimum Gasteiger partial charge on any atom is -0.378 e. The van der Waals surface area contributed by atoms with Crippen molar-refractivity contribution in [3.8, 4) is 11.1 Å². The van der Waals surface area contributed by atoms with Crippen LogP contribution in [-0.4, -0.2) is 32.4 Å². The van der Waals surface area contributed by atoms with E-state index in [2.05, 4.69) is 69.2 Å². The number of H-pyrrole nitrogens is 1. The molecule has 1 aliphatic carbocycles. The third-order valence-electron chi connectivity index (χ3n) is 9.06. The second-order valence-electron chi connectivity index (χ2n) is 13.5. The third kappa shape index (κ3) is 5.73. The molecule has 0 radical (unpaired) electrons. The highest BCUT2D eigenvalue weighted by molar-refractivity contribution is 7.10. The summed E-state index contributed by atoms with van der Waals surface area (Å²) in [7, 11) is 0. The molecule has 4 aromatic rings. The van der Waals surface area contributed by atoms with Gasteiger partial charge in [0, 0.05) is 11.4 Å². The molecule has 6 rings (SSSR count). The molecular formula is C36H41N3O3S. The van der Waals surface area contributed by atoms with Crippen LogP contribution >= 0.6 is 11.3 Å². The van der Waals surface area contributed by atoms with Gasteiger partial charge < -0.3 is 15.0 Å². The maximum atomic E-state index is 13.6. The number of rotatable bonds is 6. The Labute approximate surface area is 257 Å². The number of hydrogen-bond acceptors (Lipinski definition) is 5. The molecule has 1 aliphatic heterocycles. The number of benzene rings is 2. The fourth-order valence-electron chi connectivity index (χ4n) is 6.03. The molecule has 43 heavy (non-hydrogen) atoms. The van der Waals surface area contributed by atoms with E-state index in [1.165, 1.54) is 16.0 Å². The first-order valence-electron chi connectivity index (χ1n) is 15.4. The van der Waals surface area contributed by atoms with Crippen LogP contribution in [0.4, 0.5) is 0 Å². The van der Waals surface area contributed by atoms with E-state index in [0.717, 1.165) is 35.5 Å². The predicted octanol–water partition coefficient (Wildman–Crippen LogP) is 7.01. The summed E-state index contributed by atoms with van der Waals surface area (Å²) in [5.74, 6) is 0.816. The van der Waals surface area contributed by atoms with Crippen LogP contribution in [0.15, 0.2) is 64.8 Å². The molecule has 0 saturated heterocycles. The van der Waals surface area contributed by atoms with Gasteiger partial charge in [0.1, 0.15) is 5.82 Å². The first-order chi connectivity index (χ1) is 20.5. The summed E-state index contributed by atoms with van der Waals surface area (Å²) >= 11 is 1.75. The summed E-state index contributed by atoms with van der Waals surface area (Å²) in [5, 5.41) is 13.5. The molecule has 2 aromatic carbocycles. The number of nitrogens with zero attached hydrogens (tertiary/aromatic N) is 2. The van der Waals surface area contributed by atoms with Crippen molar-refractivity contribution in [1.82, 2.24) is 14.9 Å². The molecule has 2 aromatic heterocycles. The zero-order valence-corrected chi connectivity index (χ0v) is 26.6. The fraction of sp³-hybridized carbons (Fsp3) is 0.417. The molecule has 6 nitrogen and oxygen atoms in total. The van der Waals surface area contributed by atoms with E-state index in [-0.39, 0.29) is 22.9 Å². The average molecular weight is 596 g/mol. The number of aliphatic hydroxyl groups is 1. The van der Waals surface area contributed by atoms with E-state index < -0.39 is 12.0 Å². The smallest absolute Gasteiger partial charge is 0.256 e. The zero-order valence-electron chi connectivity index (χ0n) is 25.7. The lowest BCUT2D eigenvalue weighted by Crippen LogP contribution is -2.36. The number of aliphatic hydroxyl groups excluding tert-OH is 1. The summed E-state index contributed by atoms with van der Waals surface area (Å²) in [4.78, 5) is 38.1. The number of fused-ring (bicyclic) bond motifs is 1. The number of thiophene rings is 1. The summed E-state index contributed by atoms with van der Waals surface area (Å²) in [6, 6.07) is 18.2. The molecule has 0 spiro atoms. The third-order valence-corrected chi connectivity index (χ3v) is 10.2. The molecule has 3 heterocycles. The van der Waals surface area contributed by atoms with Crippen molar-refractivity contribution in [3.63, 3.8) is 0 Å². The second-order valence-corrected chi connectivity index (χ2v) is 14.5. The number of aromatic nitrogens is 2. The lowest BCUT2D eigenvalue weighted by molar-refractivity contribution is -0.141. The Morgan fingerprint density at radius 2 is 1.77 bits per heavy atom. The van der Waals surface area contributed by atoms with Crippen LogP contribution < -0.4 is 5.56 Å². The van der Waals surface area contributed by atoms with Gasteiger partial charge in [0.25, 0.3) is 11.5 Å². The molecule has 2 N–H and O–H groups in total. The highest BCUT2D eigenvalue weighted by atomic mass is 32.1. The monoisotopic (exact) mass is 595 g/mol. The van der Waals surface area contributed by atoms with Crippen LogP contribution in [0.1, 0.15) is 105 Å². The van der Waals surface area contributed by atoms with Gasteiger partial charge in [-0.25, -0.2) is 4.98 Å². The number of aromatic amines is 1. The molecular weight excluding hydrogens is 554 g/mol. The van der Waals surface area contributed by atoms with E-state index >= 15 is 0 Å². The molecule has 7 heteroatoms. The first-order valence-corrected chi connectivity index (χ1v) is 16.2. The van der Waals surface area contributed by atoms with Crippen molar-refractivity contribution in [2.45, 2.75) is 89.7 Å². The Bertz CT molecular complexity index is 1720. The summed E-state index contributed by atoms with van der Waals surface area (Å²) in [6.07, 6.45) is 1.95. The minimum atomic E-state index is -1.32. The van der Waals surface area contributed by atoms with Crippen LogP contribution in [-0.2, 0) is 28.6 Å². The Hall–Kier alpha value is -3.55. The molecule has 1 fully saturated rings. The van der Waals surface area contributed by atoms with E-state index in [4.69, 9.17) is 4.98 Å². The lowest BCUT2D eigenvalue weighted by atomic mass is 9.85. The number of carbonyl (C=O) groups excluding carboxylic acids is 1. The van der Waals surface area contributed by atoms with Gasteiger partial charge in [0.15, 0.2) is 6.10 Å². The Kier molecular flexibility index (Phi) is 7.68. The molecule has 0 unspecified atom stereocenters. The van der Waals surface area contributed by atoms with Gasteiger partial charge in [-0.3, -0.25) is 9.59 Å². The number of carbonyl (C=O) groups is 1. The van der Waals surface area contributed by atoms with Gasteiger partial charge in [0.05, 0.1) is 23.2 Å². The first kappa shape index (κ1) is 29.5. The van der Waals surface area contributed by atoms with Crippen LogP contribution in [0.2, 0.25) is 0 Å². The van der Waals surface area contributed by atoms with Crippen LogP contribution in [0, 0.1) is 0 Å². The van der Waals surface area contributed by atoms with Gasteiger partial charge >= 0.3 is 0 Å². The molecule has 0 bridgehead atoms. The minimum absolute atomic E-state index is 0.0140. The van der Waals surface area contributed by atoms with E-state index in [9.17, 15) is 14.7 Å². The van der Waals surface area contributed by atoms with Crippen molar-refractivity contribution in [2.75, 3.05) is 6.54 Å². The summed E-state index contributed by atoms with van der Waals surface area (Å²) in [5.41, 5.74) is 6.01. The number of amides is 1. The highest BCUT2D eigenvalue weighted by Crippen LogP contribution is 2.54. The normalized spacial score (nSPS) is 17.0. The highest BCUT2D eigenvalue weighted by Gasteiger charge is 2.50. The van der Waals surface area contributed by atoms with Gasteiger partial charge in [0.2, 0.25) is 0 Å². The summed E-state index contributed by atoms with van der Waals surface area (Å²) < 4.78 is 0. The Balaban J connectivity index is 1.23. The Morgan fingerprint density at radius 1 is 1.05 bits per heavy atom. The molecule has 224 valence electrons. The van der Waals surface area contributed by atoms with Crippen molar-refractivity contribution < 1.29 is 9.90 Å². The van der Waals surface area contributed by atoms with E-state index in [1.54, 1.807) is 22.3 Å². The van der Waals surface area contributed by atoms with Crippen molar-refractivity contribution >= 4 is 17.2 Å². The topological polar surface area (TPSA) is 86.3 Å². The van der Waals surface area contributed by atoms with Gasteiger partial charge in [-0.05, 0) is 82.3 Å². The van der Waals surface area contributed by atoms with Crippen LogP contribution in [0.5, 0.6) is 0 Å². The molecule has 1 atom stereocenters. The van der Waals surface area contributed by atoms with Crippen molar-refractivity contribution in [1.29, 1.82) is 0 Å². The van der Waals surface area contributed by atoms with Crippen LogP contribution in [0.3, 0.4) is 0 Å². The standard InChI is InChI=1S/C36H41N3O3S/c1-22(2)26-19-30(43-21-26)36(14-15-36)34-37-29-13-8-16-39(20-28(29)32(41)38-34)33(42)31(40)25-11-6-9-23(17-25)24-10-7-12-27(18-24)35(3,4)5/h6-7,9-12,17-19,21-22,31,40H,8,13-16,20H2,1-5H3,(H,37,38,41)/t31-/m1/s1. The van der Waals surface area contributed by atoms with Crippen molar-refractivity contribution in [3.05, 3.63) is 109 Å². The van der Waals surface area contributed by atoms with Gasteiger partial charge in [-0.1, -0.05) is 77.1 Å². The van der Waals surface area contributed by atoms with Gasteiger partial charge in [-0.2, -0.15) is 0 Å². The predicted molar refractivity (Wildman–Crippen MR) is 173 cm³/mol. The quantitative estimate of drug-likeness (QED) is 0.251. The Morgan fingerprint density at radius 3 is 2.44 bits per heavy atom. The van der Waals surface area contributed by atoms with Crippen molar-refractivity contribution in [2.24, 2.45) is 0 Å². The number of hydrogen-bond donors (Lipinski definition) is 2. The largest absolute Gasteiger partial charge is 0.378 e. The lowest BCUT2D eigenvalue weighted by Gasteiger charge is -2.24. The van der Waals surface area contributed by atoms with Crippen LogP contribution in [0.25, 0.3) is 11.1 Å². The second kappa shape index (κ2) is 11.2. The summed E-state index contributed by atoms with van der Waals surface area (Å²) in [6.45, 7) is 11.5. The average Bonchev–Trinajstić information content (AvgIpc) is 3.70. The fourth-order valence-corrected chi connectivity index (χ4v) is 7.37. The maximum Gasteiger partial charge on any atom is 0.256 e. The van der Waals surface area contributed by atoms with Gasteiger partial charge in [-0.15, -0.1) is 11.3 Å². The molecule has 1 amide bonds. The van der Waals surface area contributed by atoms with E-state index in [0.29, 0.717) is 36.4 Å².